The number of alkyl halides is 2. The lowest BCUT2D eigenvalue weighted by Gasteiger charge is -2.32. The fourth-order valence-electron chi connectivity index (χ4n) is 5.17. The molecule has 1 aromatic carbocycles. The Kier molecular flexibility index (Phi) is 7.05. The van der Waals surface area contributed by atoms with Gasteiger partial charge in [-0.15, -0.1) is 10.2 Å². The topological polar surface area (TPSA) is 52.4 Å². The highest BCUT2D eigenvalue weighted by Gasteiger charge is 2.42. The molecule has 0 N–H and O–H groups in total. The number of hydrogen-bond donors (Lipinski definition) is 0. The van der Waals surface area contributed by atoms with Crippen molar-refractivity contribution >= 4 is 5.95 Å². The molecule has 3 unspecified atom stereocenters. The molecule has 2 aliphatic rings. The molecule has 2 heterocycles. The quantitative estimate of drug-likeness (QED) is 0.538. The van der Waals surface area contributed by atoms with Crippen molar-refractivity contribution in [2.45, 2.75) is 58.0 Å². The fraction of sp³-hybridized carbons (Fsp3) is 0.652. The van der Waals surface area contributed by atoms with Crippen LogP contribution in [0.25, 0.3) is 11.4 Å². The number of nitrogens with zero attached hydrogens (tertiary/aromatic N) is 4. The minimum atomic E-state index is -2.44. The van der Waals surface area contributed by atoms with Crippen molar-refractivity contribution in [1.29, 1.82) is 0 Å². The maximum absolute atomic E-state index is 12.4. The maximum atomic E-state index is 12.4. The van der Waals surface area contributed by atoms with Crippen LogP contribution in [0.15, 0.2) is 24.3 Å². The summed E-state index contributed by atoms with van der Waals surface area (Å²) in [5, 5.41) is 9.16. The van der Waals surface area contributed by atoms with E-state index in [-0.39, 0.29) is 6.61 Å². The van der Waals surface area contributed by atoms with Crippen molar-refractivity contribution in [3.63, 3.8) is 0 Å². The summed E-state index contributed by atoms with van der Waals surface area (Å²) in [4.78, 5) is 2.44. The first kappa shape index (κ1) is 22.0. The van der Waals surface area contributed by atoms with Crippen molar-refractivity contribution < 1.29 is 18.3 Å². The van der Waals surface area contributed by atoms with Crippen LogP contribution in [0.5, 0.6) is 5.75 Å². The Morgan fingerprint density at radius 1 is 1.13 bits per heavy atom. The molecule has 6 nitrogen and oxygen atoms in total. The molecule has 0 amide bonds. The van der Waals surface area contributed by atoms with Gasteiger partial charge in [0.2, 0.25) is 5.95 Å². The molecule has 170 valence electrons. The van der Waals surface area contributed by atoms with Crippen LogP contribution in [0.4, 0.5) is 14.7 Å². The van der Waals surface area contributed by atoms with Gasteiger partial charge < -0.3 is 14.4 Å². The summed E-state index contributed by atoms with van der Waals surface area (Å²) in [6, 6.07) is 8.29. The largest absolute Gasteiger partial charge is 0.497 e. The summed E-state index contributed by atoms with van der Waals surface area (Å²) in [6.07, 6.45) is 3.23. The van der Waals surface area contributed by atoms with Crippen molar-refractivity contribution in [1.82, 2.24) is 14.8 Å². The van der Waals surface area contributed by atoms with Crippen LogP contribution in [0.3, 0.4) is 0 Å². The molecule has 1 saturated carbocycles. The Morgan fingerprint density at radius 2 is 1.90 bits per heavy atom. The van der Waals surface area contributed by atoms with E-state index in [9.17, 15) is 8.78 Å². The molecule has 1 aromatic heterocycles. The van der Waals surface area contributed by atoms with Gasteiger partial charge in [0.05, 0.1) is 7.11 Å². The second kappa shape index (κ2) is 9.94. The van der Waals surface area contributed by atoms with E-state index >= 15 is 0 Å². The minimum absolute atomic E-state index is 0.284. The number of anilines is 1. The van der Waals surface area contributed by atoms with E-state index in [1.54, 1.807) is 7.11 Å². The first-order valence-electron chi connectivity index (χ1n) is 11.3. The van der Waals surface area contributed by atoms with Crippen molar-refractivity contribution in [3.05, 3.63) is 24.3 Å². The molecule has 0 spiro atoms. The summed E-state index contributed by atoms with van der Waals surface area (Å²) in [6.45, 7) is 3.71. The lowest BCUT2D eigenvalue weighted by molar-refractivity contribution is 0.0158. The number of benzene rings is 1. The number of hydrogen-bond acceptors (Lipinski definition) is 5. The van der Waals surface area contributed by atoms with Crippen LogP contribution < -0.4 is 9.64 Å². The first-order valence-corrected chi connectivity index (χ1v) is 11.3. The highest BCUT2D eigenvalue weighted by Crippen LogP contribution is 2.42. The molecule has 1 aliphatic carbocycles. The van der Waals surface area contributed by atoms with Crippen molar-refractivity contribution in [3.8, 4) is 17.1 Å². The molecule has 1 aliphatic heterocycles. The monoisotopic (exact) mass is 434 g/mol. The summed E-state index contributed by atoms with van der Waals surface area (Å²) in [5.74, 6) is 3.81. The van der Waals surface area contributed by atoms with Gasteiger partial charge in [-0.1, -0.05) is 19.8 Å². The fourth-order valence-corrected chi connectivity index (χ4v) is 5.17. The highest BCUT2D eigenvalue weighted by molar-refractivity contribution is 5.59. The number of ether oxygens (including phenoxy) is 2. The third kappa shape index (κ3) is 4.84. The molecule has 2 fully saturated rings. The van der Waals surface area contributed by atoms with Gasteiger partial charge in [-0.2, -0.15) is 0 Å². The standard InChI is InChI=1S/C23H32F2N4O2/c1-16-14-29(20-7-4-3-6-19(16)20)23-27-26-22(17-8-10-18(30-2)11-9-17)28(23)12-5-13-31-15-21(24)25/h8-11,16,19-21H,3-7,12-15H2,1-2H3. The van der Waals surface area contributed by atoms with Gasteiger partial charge in [0.1, 0.15) is 12.4 Å². The van der Waals surface area contributed by atoms with E-state index in [1.807, 2.05) is 24.3 Å². The summed E-state index contributed by atoms with van der Waals surface area (Å²) < 4.78 is 37.3. The number of aromatic nitrogens is 3. The van der Waals surface area contributed by atoms with E-state index in [0.717, 1.165) is 29.6 Å². The zero-order valence-corrected chi connectivity index (χ0v) is 18.3. The lowest BCUT2D eigenvalue weighted by Crippen LogP contribution is -2.36. The number of halogens is 2. The molecule has 0 radical (unpaired) electrons. The zero-order valence-electron chi connectivity index (χ0n) is 18.3. The molecular formula is C23H32F2N4O2. The predicted molar refractivity (Wildman–Crippen MR) is 116 cm³/mol. The van der Waals surface area contributed by atoms with Crippen molar-refractivity contribution in [2.75, 3.05) is 31.8 Å². The van der Waals surface area contributed by atoms with Gasteiger partial charge in [-0.05, 0) is 55.4 Å². The third-order valence-corrected chi connectivity index (χ3v) is 6.65. The molecule has 3 atom stereocenters. The molecule has 1 saturated heterocycles. The first-order chi connectivity index (χ1) is 15.1. The van der Waals surface area contributed by atoms with Crippen LogP contribution in [-0.2, 0) is 11.3 Å². The van der Waals surface area contributed by atoms with Crippen LogP contribution in [0.2, 0.25) is 0 Å². The van der Waals surface area contributed by atoms with Gasteiger partial charge in [0, 0.05) is 31.3 Å². The second-order valence-electron chi connectivity index (χ2n) is 8.67. The van der Waals surface area contributed by atoms with E-state index < -0.39 is 13.0 Å². The van der Waals surface area contributed by atoms with Crippen molar-refractivity contribution in [2.24, 2.45) is 11.8 Å². The average molecular weight is 435 g/mol. The van der Waals surface area contributed by atoms with Gasteiger partial charge >= 0.3 is 0 Å². The normalized spacial score (nSPS) is 23.4. The Bertz CT molecular complexity index is 843. The van der Waals surface area contributed by atoms with E-state index in [1.165, 1.54) is 25.7 Å². The van der Waals surface area contributed by atoms with Crippen LogP contribution in [-0.4, -0.2) is 54.1 Å². The van der Waals surface area contributed by atoms with E-state index in [2.05, 4.69) is 26.6 Å². The van der Waals surface area contributed by atoms with Gasteiger partial charge in [0.15, 0.2) is 5.82 Å². The molecule has 2 aromatic rings. The second-order valence-corrected chi connectivity index (χ2v) is 8.67. The van der Waals surface area contributed by atoms with E-state index in [4.69, 9.17) is 9.47 Å². The Hall–Kier alpha value is -2.22. The molecule has 0 bridgehead atoms. The average Bonchev–Trinajstić information content (AvgIpc) is 3.34. The third-order valence-electron chi connectivity index (χ3n) is 6.65. The van der Waals surface area contributed by atoms with Crippen LogP contribution in [0.1, 0.15) is 39.0 Å². The summed E-state index contributed by atoms with van der Waals surface area (Å²) >= 11 is 0. The van der Waals surface area contributed by atoms with Gasteiger partial charge in [-0.3, -0.25) is 4.57 Å². The van der Waals surface area contributed by atoms with Gasteiger partial charge in [-0.25, -0.2) is 8.78 Å². The number of rotatable bonds is 9. The molecule has 8 heteroatoms. The Morgan fingerprint density at radius 3 is 2.65 bits per heavy atom. The van der Waals surface area contributed by atoms with Crippen LogP contribution >= 0.6 is 0 Å². The number of fused-ring (bicyclic) bond motifs is 1. The lowest BCUT2D eigenvalue weighted by atomic mass is 9.80. The predicted octanol–water partition coefficient (Wildman–Crippen LogP) is 4.64. The Labute approximate surface area is 182 Å². The van der Waals surface area contributed by atoms with Gasteiger partial charge in [0.25, 0.3) is 6.43 Å². The number of methoxy groups -OCH3 is 1. The smallest absolute Gasteiger partial charge is 0.261 e. The Balaban J connectivity index is 1.59. The molecule has 31 heavy (non-hydrogen) atoms. The molecular weight excluding hydrogens is 402 g/mol. The zero-order chi connectivity index (χ0) is 21.8. The van der Waals surface area contributed by atoms with E-state index in [0.29, 0.717) is 30.8 Å². The minimum Gasteiger partial charge on any atom is -0.497 e. The summed E-state index contributed by atoms with van der Waals surface area (Å²) in [7, 11) is 1.64. The SMILES string of the molecule is COc1ccc(-c2nnc(N3CC(C)C4CCCCC43)n2CCCOCC(F)F)cc1. The summed E-state index contributed by atoms with van der Waals surface area (Å²) in [5.41, 5.74) is 0.959. The highest BCUT2D eigenvalue weighted by atomic mass is 19.3. The van der Waals surface area contributed by atoms with Crippen LogP contribution in [0, 0.1) is 11.8 Å². The maximum Gasteiger partial charge on any atom is 0.261 e. The molecule has 4 rings (SSSR count).